The smallest absolute Gasteiger partial charge is 0.419 e. The number of aromatic nitrogens is 2. The van der Waals surface area contributed by atoms with E-state index < -0.39 is 54.6 Å². The molecule has 3 aromatic carbocycles. The predicted octanol–water partition coefficient (Wildman–Crippen LogP) is 4.74. The van der Waals surface area contributed by atoms with E-state index in [9.17, 15) is 42.8 Å². The van der Waals surface area contributed by atoms with Crippen LogP contribution in [0.4, 0.5) is 29.1 Å². The zero-order chi connectivity index (χ0) is 41.5. The number of fused-ring (bicyclic) bond motifs is 2. The molecule has 7 rings (SSSR count). The molecule has 3 heterocycles. The van der Waals surface area contributed by atoms with Gasteiger partial charge in [0.25, 0.3) is 0 Å². The summed E-state index contributed by atoms with van der Waals surface area (Å²) >= 11 is 0. The molecular weight excluding hydrogens is 766 g/mol. The van der Waals surface area contributed by atoms with Crippen molar-refractivity contribution in [3.8, 4) is 11.5 Å². The second-order valence-corrected chi connectivity index (χ2v) is 15.3. The van der Waals surface area contributed by atoms with Gasteiger partial charge < -0.3 is 45.9 Å². The molecule has 1 amide bonds. The Morgan fingerprint density at radius 1 is 1.03 bits per heavy atom. The van der Waals surface area contributed by atoms with Gasteiger partial charge >= 0.3 is 6.18 Å². The minimum atomic E-state index is -4.84. The van der Waals surface area contributed by atoms with Crippen LogP contribution in [0.2, 0.25) is 0 Å². The van der Waals surface area contributed by atoms with E-state index >= 15 is 0 Å². The standard InChI is InChI=1S/C40H47F4N7O7/c1-20(23-5-4-6-27(34(23)41)40(42,43)44)46-35-26-16-31(30(57-3)17-28(26)47-21(2)48-35)58-19-39(11-12-39)13-14-45-18-33(53)49-22-7-8-24-25(15-22)38(56)51(37(24)55)29-9-10-32(52)50-36(29)54/h4-8,15-17,20,29,32,36-38,45,50,52,54-56H,9-14,18-19H2,1-3H3,(H,49,53)(H,46,47,48)/t20-,29?,32?,36?,37?,38?/m1/s1. The summed E-state index contributed by atoms with van der Waals surface area (Å²) in [5, 5.41) is 54.4. The molecule has 312 valence electrons. The number of anilines is 2. The molecule has 1 saturated carbocycles. The number of aryl methyl sites for hydroxylation is 1. The van der Waals surface area contributed by atoms with Gasteiger partial charge in [-0.1, -0.05) is 18.2 Å². The third-order valence-corrected chi connectivity index (χ3v) is 11.2. The first-order valence-corrected chi connectivity index (χ1v) is 19.1. The number of benzene rings is 3. The van der Waals surface area contributed by atoms with Crippen molar-refractivity contribution in [3.63, 3.8) is 0 Å². The molecule has 0 spiro atoms. The Morgan fingerprint density at radius 2 is 1.79 bits per heavy atom. The van der Waals surface area contributed by atoms with Crippen LogP contribution in [-0.2, 0) is 11.0 Å². The molecule has 2 aliphatic heterocycles. The van der Waals surface area contributed by atoms with E-state index in [1.54, 1.807) is 44.2 Å². The summed E-state index contributed by atoms with van der Waals surface area (Å²) in [6.07, 6.45) is -6.06. The molecule has 14 nitrogen and oxygen atoms in total. The van der Waals surface area contributed by atoms with Crippen molar-refractivity contribution in [2.75, 3.05) is 37.4 Å². The van der Waals surface area contributed by atoms with E-state index in [0.717, 1.165) is 12.8 Å². The highest BCUT2D eigenvalue weighted by atomic mass is 19.4. The van der Waals surface area contributed by atoms with Gasteiger partial charge in [-0.2, -0.15) is 13.2 Å². The molecule has 6 atom stereocenters. The van der Waals surface area contributed by atoms with Gasteiger partial charge in [0.2, 0.25) is 5.91 Å². The topological polar surface area (TPSA) is 194 Å². The Kier molecular flexibility index (Phi) is 11.8. The van der Waals surface area contributed by atoms with Gasteiger partial charge in [-0.3, -0.25) is 10.1 Å². The lowest BCUT2D eigenvalue weighted by atomic mass is 10.0. The Bertz CT molecular complexity index is 2160. The minimum absolute atomic E-state index is 0.0180. The van der Waals surface area contributed by atoms with Crippen LogP contribution < -0.4 is 30.7 Å². The highest BCUT2D eigenvalue weighted by Gasteiger charge is 2.45. The molecule has 1 aliphatic carbocycles. The lowest BCUT2D eigenvalue weighted by Gasteiger charge is -2.40. The Balaban J connectivity index is 0.939. The Labute approximate surface area is 331 Å². The summed E-state index contributed by atoms with van der Waals surface area (Å²) in [6.45, 7) is 4.10. The lowest BCUT2D eigenvalue weighted by molar-refractivity contribution is -0.159. The number of aliphatic hydroxyl groups is 4. The van der Waals surface area contributed by atoms with Crippen LogP contribution in [0.15, 0.2) is 48.5 Å². The van der Waals surface area contributed by atoms with Crippen molar-refractivity contribution < 1.29 is 52.3 Å². The number of alkyl halides is 3. The number of rotatable bonds is 14. The molecule has 2 fully saturated rings. The van der Waals surface area contributed by atoms with Gasteiger partial charge in [0, 0.05) is 39.2 Å². The van der Waals surface area contributed by atoms with Crippen LogP contribution in [0.3, 0.4) is 0 Å². The number of halogens is 4. The van der Waals surface area contributed by atoms with Crippen LogP contribution in [0.5, 0.6) is 11.5 Å². The Hall–Kier alpha value is -4.69. The normalized spacial score (nSPS) is 23.3. The second kappa shape index (κ2) is 16.5. The molecule has 0 bridgehead atoms. The number of carbonyl (C=O) groups excluding carboxylic acids is 1. The zero-order valence-electron chi connectivity index (χ0n) is 32.1. The van der Waals surface area contributed by atoms with E-state index in [1.165, 1.54) is 24.1 Å². The Morgan fingerprint density at radius 3 is 2.50 bits per heavy atom. The zero-order valence-corrected chi connectivity index (χ0v) is 32.1. The van der Waals surface area contributed by atoms with Gasteiger partial charge in [-0.15, -0.1) is 0 Å². The second-order valence-electron chi connectivity index (χ2n) is 15.3. The molecule has 5 unspecified atom stereocenters. The number of ether oxygens (including phenoxy) is 2. The summed E-state index contributed by atoms with van der Waals surface area (Å²) in [6, 6.07) is 9.88. The maximum absolute atomic E-state index is 15.0. The molecule has 8 N–H and O–H groups in total. The molecule has 4 aromatic rings. The average molecular weight is 814 g/mol. The molecular formula is C40H47F4N7O7. The van der Waals surface area contributed by atoms with Gasteiger partial charge in [-0.05, 0) is 76.8 Å². The summed E-state index contributed by atoms with van der Waals surface area (Å²) in [4.78, 5) is 23.2. The predicted molar refractivity (Wildman–Crippen MR) is 204 cm³/mol. The van der Waals surface area contributed by atoms with Crippen molar-refractivity contribution in [1.82, 2.24) is 25.5 Å². The fourth-order valence-corrected chi connectivity index (χ4v) is 7.77. The number of nitrogens with one attached hydrogen (secondary N) is 4. The van der Waals surface area contributed by atoms with Crippen molar-refractivity contribution in [1.29, 1.82) is 0 Å². The van der Waals surface area contributed by atoms with Crippen LogP contribution in [0.1, 0.15) is 85.6 Å². The quantitative estimate of drug-likeness (QED) is 0.0644. The summed E-state index contributed by atoms with van der Waals surface area (Å²) in [5.74, 6) is -0.161. The number of hydrogen-bond acceptors (Lipinski definition) is 13. The summed E-state index contributed by atoms with van der Waals surface area (Å²) in [7, 11) is 1.50. The van der Waals surface area contributed by atoms with Crippen LogP contribution in [-0.4, -0.2) is 86.5 Å². The fraction of sp³-hybridized carbons (Fsp3) is 0.475. The van der Waals surface area contributed by atoms with Gasteiger partial charge in [-0.25, -0.2) is 19.3 Å². The first-order valence-electron chi connectivity index (χ1n) is 19.1. The molecule has 3 aliphatic rings. The first-order chi connectivity index (χ1) is 27.6. The number of methoxy groups -OCH3 is 1. The third kappa shape index (κ3) is 8.68. The van der Waals surface area contributed by atoms with Gasteiger partial charge in [0.15, 0.2) is 11.5 Å². The first kappa shape index (κ1) is 41.5. The van der Waals surface area contributed by atoms with E-state index in [2.05, 4.69) is 31.2 Å². The summed E-state index contributed by atoms with van der Waals surface area (Å²) < 4.78 is 67.2. The van der Waals surface area contributed by atoms with Crippen LogP contribution >= 0.6 is 0 Å². The molecule has 58 heavy (non-hydrogen) atoms. The van der Waals surface area contributed by atoms with Crippen molar-refractivity contribution in [2.24, 2.45) is 5.41 Å². The van der Waals surface area contributed by atoms with E-state index in [4.69, 9.17) is 9.47 Å². The number of carbonyl (C=O) groups is 1. The average Bonchev–Trinajstić information content (AvgIpc) is 3.90. The molecule has 0 radical (unpaired) electrons. The van der Waals surface area contributed by atoms with E-state index in [0.29, 0.717) is 83.5 Å². The number of aliphatic hydroxyl groups excluding tert-OH is 4. The van der Waals surface area contributed by atoms with Gasteiger partial charge in [0.05, 0.1) is 43.4 Å². The lowest BCUT2D eigenvalue weighted by Crippen LogP contribution is -2.57. The SMILES string of the molecule is COc1cc2nc(C)nc(N[C@H](C)c3cccc(C(F)(F)F)c3F)c2cc1OCC1(CCNCC(=O)Nc2ccc3c(c2)C(O)N(C2CCC(O)NC2O)C3O)CC1. The van der Waals surface area contributed by atoms with Gasteiger partial charge in [0.1, 0.15) is 42.4 Å². The van der Waals surface area contributed by atoms with Crippen LogP contribution in [0, 0.1) is 18.2 Å². The molecule has 1 aromatic heterocycles. The maximum Gasteiger partial charge on any atom is 0.419 e. The fourth-order valence-electron chi connectivity index (χ4n) is 7.77. The monoisotopic (exact) mass is 813 g/mol. The molecule has 18 heteroatoms. The number of hydrogen-bond donors (Lipinski definition) is 8. The number of piperidine rings is 1. The van der Waals surface area contributed by atoms with Crippen molar-refractivity contribution >= 4 is 28.3 Å². The van der Waals surface area contributed by atoms with Crippen molar-refractivity contribution in [2.45, 2.75) is 89.1 Å². The highest BCUT2D eigenvalue weighted by molar-refractivity contribution is 5.93. The highest BCUT2D eigenvalue weighted by Crippen LogP contribution is 2.50. The maximum atomic E-state index is 15.0. The number of amides is 1. The largest absolute Gasteiger partial charge is 0.493 e. The van der Waals surface area contributed by atoms with Crippen LogP contribution in [0.25, 0.3) is 10.9 Å². The third-order valence-electron chi connectivity index (χ3n) is 11.2. The van der Waals surface area contributed by atoms with Crippen molar-refractivity contribution in [3.05, 3.63) is 82.4 Å². The molecule has 1 saturated heterocycles. The summed E-state index contributed by atoms with van der Waals surface area (Å²) in [5.41, 5.74) is 0.135. The number of nitrogens with zero attached hydrogens (tertiary/aromatic N) is 3. The van der Waals surface area contributed by atoms with E-state index in [-0.39, 0.29) is 29.2 Å². The minimum Gasteiger partial charge on any atom is -0.493 e. The van der Waals surface area contributed by atoms with E-state index in [1.807, 2.05) is 0 Å².